The summed E-state index contributed by atoms with van der Waals surface area (Å²) in [5, 5.41) is 1.20. The Hall–Kier alpha value is -3.34. The van der Waals surface area contributed by atoms with Crippen LogP contribution in [0.5, 0.6) is 0 Å². The number of piperidine rings is 1. The molecule has 1 fully saturated rings. The summed E-state index contributed by atoms with van der Waals surface area (Å²) < 4.78 is 0. The number of amides is 1. The summed E-state index contributed by atoms with van der Waals surface area (Å²) in [5.74, 6) is 1.58. The molecule has 2 aromatic carbocycles. The van der Waals surface area contributed by atoms with Crippen LogP contribution < -0.4 is 0 Å². The maximum Gasteiger partial charge on any atom is 0.253 e. The molecule has 1 aliphatic rings. The number of likely N-dealkylation sites (tertiary alicyclic amines) is 1. The summed E-state index contributed by atoms with van der Waals surface area (Å²) in [6.07, 6.45) is 5.73. The van der Waals surface area contributed by atoms with Gasteiger partial charge < -0.3 is 14.9 Å². The summed E-state index contributed by atoms with van der Waals surface area (Å²) in [4.78, 5) is 25.9. The molecule has 1 aliphatic heterocycles. The minimum Gasteiger partial charge on any atom is -0.361 e. The van der Waals surface area contributed by atoms with E-state index in [1.165, 1.54) is 5.39 Å². The van der Waals surface area contributed by atoms with Crippen molar-refractivity contribution in [2.24, 2.45) is 0 Å². The molecule has 4 aromatic rings. The molecule has 5 rings (SSSR count). The topological polar surface area (TPSA) is 64.8 Å². The van der Waals surface area contributed by atoms with E-state index in [4.69, 9.17) is 0 Å². The highest BCUT2D eigenvalue weighted by Gasteiger charge is 2.26. The first kappa shape index (κ1) is 17.7. The van der Waals surface area contributed by atoms with Gasteiger partial charge in [0.25, 0.3) is 5.91 Å². The lowest BCUT2D eigenvalue weighted by atomic mass is 9.95. The Labute approximate surface area is 169 Å². The minimum atomic E-state index is 0.116. The third-order valence-corrected chi connectivity index (χ3v) is 5.91. The lowest BCUT2D eigenvalue weighted by Gasteiger charge is -2.31. The minimum absolute atomic E-state index is 0.116. The number of hydrogen-bond donors (Lipinski definition) is 2. The quantitative estimate of drug-likeness (QED) is 0.528. The van der Waals surface area contributed by atoms with Gasteiger partial charge in [0.2, 0.25) is 0 Å². The fourth-order valence-electron chi connectivity index (χ4n) is 4.21. The van der Waals surface area contributed by atoms with Gasteiger partial charge in [-0.1, -0.05) is 24.3 Å². The average Bonchev–Trinajstić information content (AvgIpc) is 3.42. The second-order valence-corrected chi connectivity index (χ2v) is 7.87. The number of aryl methyl sites for hydroxylation is 1. The van der Waals surface area contributed by atoms with Crippen molar-refractivity contribution in [1.82, 2.24) is 19.9 Å². The zero-order valence-electron chi connectivity index (χ0n) is 16.5. The van der Waals surface area contributed by atoms with Gasteiger partial charge in [-0.25, -0.2) is 4.98 Å². The number of rotatable bonds is 3. The van der Waals surface area contributed by atoms with E-state index in [9.17, 15) is 4.79 Å². The number of imidazole rings is 1. The highest BCUT2D eigenvalue weighted by molar-refractivity contribution is 5.95. The van der Waals surface area contributed by atoms with Gasteiger partial charge >= 0.3 is 0 Å². The van der Waals surface area contributed by atoms with Crippen LogP contribution in [0, 0.1) is 6.92 Å². The zero-order chi connectivity index (χ0) is 19.8. The lowest BCUT2D eigenvalue weighted by molar-refractivity contribution is 0.0711. The van der Waals surface area contributed by atoms with Gasteiger partial charge in [0, 0.05) is 48.2 Å². The Morgan fingerprint density at radius 2 is 1.79 bits per heavy atom. The Morgan fingerprint density at radius 3 is 2.52 bits per heavy atom. The van der Waals surface area contributed by atoms with Crippen molar-refractivity contribution in [1.29, 1.82) is 0 Å². The van der Waals surface area contributed by atoms with E-state index < -0.39 is 0 Å². The van der Waals surface area contributed by atoms with Gasteiger partial charge in [0.1, 0.15) is 5.82 Å². The molecule has 146 valence electrons. The fraction of sp³-hybridized carbons (Fsp3) is 0.250. The zero-order valence-corrected chi connectivity index (χ0v) is 16.5. The van der Waals surface area contributed by atoms with Crippen LogP contribution >= 0.6 is 0 Å². The predicted octanol–water partition coefficient (Wildman–Crippen LogP) is 4.89. The molecule has 0 bridgehead atoms. The van der Waals surface area contributed by atoms with Crippen LogP contribution in [-0.2, 0) is 0 Å². The van der Waals surface area contributed by atoms with Crippen molar-refractivity contribution >= 4 is 16.8 Å². The van der Waals surface area contributed by atoms with E-state index in [0.29, 0.717) is 5.92 Å². The van der Waals surface area contributed by atoms with E-state index in [1.54, 1.807) is 0 Å². The number of nitrogens with zero attached hydrogens (tertiary/aromatic N) is 2. The normalized spacial score (nSPS) is 15.1. The van der Waals surface area contributed by atoms with Crippen LogP contribution in [0.3, 0.4) is 0 Å². The van der Waals surface area contributed by atoms with E-state index >= 15 is 0 Å². The molecule has 0 aliphatic carbocycles. The third kappa shape index (κ3) is 3.44. The number of aromatic nitrogens is 3. The maximum absolute atomic E-state index is 12.9. The Kier molecular flexibility index (Phi) is 4.43. The molecule has 5 heteroatoms. The molecular formula is C24H24N4O. The number of carbonyl (C=O) groups excluding carboxylic acids is 1. The van der Waals surface area contributed by atoms with Crippen LogP contribution in [0.15, 0.2) is 60.9 Å². The Morgan fingerprint density at radius 1 is 1.03 bits per heavy atom. The first-order chi connectivity index (χ1) is 14.2. The van der Waals surface area contributed by atoms with Crippen LogP contribution in [0.2, 0.25) is 0 Å². The molecule has 0 radical (unpaired) electrons. The number of H-pyrrole nitrogens is 2. The second kappa shape index (κ2) is 7.24. The van der Waals surface area contributed by atoms with E-state index in [1.807, 2.05) is 48.5 Å². The van der Waals surface area contributed by atoms with Crippen LogP contribution in [0.4, 0.5) is 0 Å². The molecule has 0 atom stereocenters. The summed E-state index contributed by atoms with van der Waals surface area (Å²) in [7, 11) is 0. The molecular weight excluding hydrogens is 360 g/mol. The molecule has 29 heavy (non-hydrogen) atoms. The van der Waals surface area contributed by atoms with Crippen molar-refractivity contribution < 1.29 is 4.79 Å². The molecule has 2 aromatic heterocycles. The number of hydrogen-bond acceptors (Lipinski definition) is 2. The molecule has 1 amide bonds. The predicted molar refractivity (Wildman–Crippen MR) is 115 cm³/mol. The smallest absolute Gasteiger partial charge is 0.253 e. The molecule has 5 nitrogen and oxygen atoms in total. The van der Waals surface area contributed by atoms with Gasteiger partial charge in [0.05, 0.1) is 0 Å². The first-order valence-electron chi connectivity index (χ1n) is 10.2. The highest BCUT2D eigenvalue weighted by Crippen LogP contribution is 2.28. The van der Waals surface area contributed by atoms with Crippen molar-refractivity contribution in [2.45, 2.75) is 25.7 Å². The molecule has 2 N–H and O–H groups in total. The molecule has 1 saturated heterocycles. The van der Waals surface area contributed by atoms with E-state index in [0.717, 1.165) is 59.7 Å². The van der Waals surface area contributed by atoms with Gasteiger partial charge in [0.15, 0.2) is 0 Å². The number of fused-ring (bicyclic) bond motifs is 1. The highest BCUT2D eigenvalue weighted by atomic mass is 16.2. The molecule has 0 spiro atoms. The van der Waals surface area contributed by atoms with Crippen molar-refractivity contribution in [3.05, 3.63) is 78.0 Å². The average molecular weight is 384 g/mol. The lowest BCUT2D eigenvalue weighted by Crippen LogP contribution is -2.38. The number of carbonyl (C=O) groups is 1. The Balaban J connectivity index is 1.27. The SMILES string of the molecule is Cc1cnc(C2CCN(C(=O)c3ccc(-c4ccc5cc[nH]c5c4)cc3)CC2)[nH]1. The molecule has 0 unspecified atom stereocenters. The van der Waals surface area contributed by atoms with Crippen LogP contribution in [-0.4, -0.2) is 38.8 Å². The second-order valence-electron chi connectivity index (χ2n) is 7.87. The summed E-state index contributed by atoms with van der Waals surface area (Å²) >= 11 is 0. The fourth-order valence-corrected chi connectivity index (χ4v) is 4.21. The Bertz CT molecular complexity index is 1150. The molecule has 3 heterocycles. The first-order valence-corrected chi connectivity index (χ1v) is 10.2. The van der Waals surface area contributed by atoms with Gasteiger partial charge in [-0.2, -0.15) is 0 Å². The summed E-state index contributed by atoms with van der Waals surface area (Å²) in [6, 6.07) is 16.4. The van der Waals surface area contributed by atoms with Gasteiger partial charge in [-0.05, 0) is 60.5 Å². The van der Waals surface area contributed by atoms with Gasteiger partial charge in [-0.3, -0.25) is 4.79 Å². The standard InChI is InChI=1S/C24H24N4O/c1-16-15-26-23(27-16)19-9-12-28(13-10-19)24(29)20-5-2-17(3-6-20)21-7-4-18-8-11-25-22(18)14-21/h2-8,11,14-15,19,25H,9-10,12-13H2,1H3,(H,26,27). The van der Waals surface area contributed by atoms with Crippen molar-refractivity contribution in [2.75, 3.05) is 13.1 Å². The maximum atomic E-state index is 12.9. The summed E-state index contributed by atoms with van der Waals surface area (Å²) in [6.45, 7) is 3.57. The monoisotopic (exact) mass is 384 g/mol. The number of benzene rings is 2. The van der Waals surface area contributed by atoms with Crippen molar-refractivity contribution in [3.8, 4) is 11.1 Å². The van der Waals surface area contributed by atoms with Crippen molar-refractivity contribution in [3.63, 3.8) is 0 Å². The van der Waals surface area contributed by atoms with Crippen LogP contribution in [0.25, 0.3) is 22.0 Å². The van der Waals surface area contributed by atoms with Crippen LogP contribution in [0.1, 0.15) is 40.6 Å². The third-order valence-electron chi connectivity index (χ3n) is 5.91. The van der Waals surface area contributed by atoms with Gasteiger partial charge in [-0.15, -0.1) is 0 Å². The summed E-state index contributed by atoms with van der Waals surface area (Å²) in [5.41, 5.74) is 5.23. The van der Waals surface area contributed by atoms with E-state index in [-0.39, 0.29) is 5.91 Å². The molecule has 0 saturated carbocycles. The van der Waals surface area contributed by atoms with E-state index in [2.05, 4.69) is 39.2 Å². The largest absolute Gasteiger partial charge is 0.361 e. The number of aromatic amines is 2. The number of nitrogens with one attached hydrogen (secondary N) is 2.